The predicted molar refractivity (Wildman–Crippen MR) is 183 cm³/mol. The summed E-state index contributed by atoms with van der Waals surface area (Å²) >= 11 is 0. The number of likely N-dealkylation sites (N-methyl/N-ethyl adjacent to an activating group) is 2. The number of carboxylic acid groups (broad SMARTS) is 1. The second-order valence-corrected chi connectivity index (χ2v) is 11.9. The summed E-state index contributed by atoms with van der Waals surface area (Å²) in [5.41, 5.74) is 4.00. The molecule has 0 radical (unpaired) electrons. The Morgan fingerprint density at radius 3 is 2.17 bits per heavy atom. The van der Waals surface area contributed by atoms with Crippen molar-refractivity contribution in [2.45, 2.75) is 25.9 Å². The van der Waals surface area contributed by atoms with Crippen LogP contribution in [0.5, 0.6) is 0 Å². The van der Waals surface area contributed by atoms with Crippen molar-refractivity contribution < 1.29 is 56.7 Å². The van der Waals surface area contributed by atoms with Crippen molar-refractivity contribution in [3.8, 4) is 0 Å². The van der Waals surface area contributed by atoms with Crippen LogP contribution in [0.2, 0.25) is 0 Å². The molecule has 4 rings (SSSR count). The summed E-state index contributed by atoms with van der Waals surface area (Å²) in [5, 5.41) is 17.2. The molecule has 3 aromatic rings. The highest BCUT2D eigenvalue weighted by Crippen LogP contribution is 2.28. The quantitative estimate of drug-likeness (QED) is 0.215. The van der Waals surface area contributed by atoms with Crippen LogP contribution in [0.15, 0.2) is 66.7 Å². The van der Waals surface area contributed by atoms with E-state index >= 15 is 0 Å². The van der Waals surface area contributed by atoms with Gasteiger partial charge in [0.25, 0.3) is 5.91 Å². The van der Waals surface area contributed by atoms with E-state index in [4.69, 9.17) is 14.6 Å². The molecule has 0 atom stereocenters. The van der Waals surface area contributed by atoms with Gasteiger partial charge in [0.15, 0.2) is 0 Å². The van der Waals surface area contributed by atoms with E-state index < -0.39 is 24.0 Å². The van der Waals surface area contributed by atoms with Gasteiger partial charge < -0.3 is 45.3 Å². The number of hydrogen-bond acceptors (Lipinski definition) is 8. The topological polar surface area (TPSA) is 182 Å². The first-order chi connectivity index (χ1) is 24.4. The lowest BCUT2D eigenvalue weighted by Gasteiger charge is -2.19. The number of nitrogens with zero attached hydrogens (tertiary/aromatic N) is 2. The molecule has 3 aromatic carbocycles. The zero-order valence-electron chi connectivity index (χ0n) is 28.9. The molecule has 0 saturated heterocycles. The zero-order valence-corrected chi connectivity index (χ0v) is 28.9. The van der Waals surface area contributed by atoms with Crippen LogP contribution >= 0.6 is 0 Å². The monoisotopic (exact) mass is 728 g/mol. The maximum atomic E-state index is 13.4. The summed E-state index contributed by atoms with van der Waals surface area (Å²) in [7, 11) is 5.48. The van der Waals surface area contributed by atoms with Gasteiger partial charge in [0.05, 0.1) is 38.2 Å². The van der Waals surface area contributed by atoms with Crippen LogP contribution in [-0.2, 0) is 30.3 Å². The van der Waals surface area contributed by atoms with Crippen LogP contribution < -0.4 is 30.9 Å². The Kier molecular flexibility index (Phi) is 14.3. The van der Waals surface area contributed by atoms with E-state index in [-0.39, 0.29) is 55.9 Å². The molecule has 278 valence electrons. The van der Waals surface area contributed by atoms with Crippen LogP contribution in [0.4, 0.5) is 40.7 Å². The fraction of sp³-hybridized carbons (Fsp3) is 0.314. The van der Waals surface area contributed by atoms with Gasteiger partial charge in [-0.15, -0.1) is 0 Å². The number of carboxylic acids is 1. The van der Waals surface area contributed by atoms with Gasteiger partial charge in [0.2, 0.25) is 11.8 Å². The van der Waals surface area contributed by atoms with E-state index in [1.165, 1.54) is 15.9 Å². The molecule has 0 saturated carbocycles. The number of rotatable bonds is 11. The number of carbonyl (C=O) groups excluding carboxylic acids is 6. The number of ether oxygens (including phenoxy) is 1. The average molecular weight is 729 g/mol. The molecule has 5 amide bonds. The Balaban J connectivity index is 0.000000944. The molecule has 0 unspecified atom stereocenters. The summed E-state index contributed by atoms with van der Waals surface area (Å²) in [6.45, 7) is 2.69. The smallest absolute Gasteiger partial charge is 0.430 e. The Morgan fingerprint density at radius 2 is 1.56 bits per heavy atom. The van der Waals surface area contributed by atoms with Gasteiger partial charge in [0, 0.05) is 30.7 Å². The maximum absolute atomic E-state index is 13.4. The number of quaternary nitrogens is 1. The number of fused-ring (bicyclic) bond motifs is 1. The summed E-state index contributed by atoms with van der Waals surface area (Å²) in [5.74, 6) is -4.47. The van der Waals surface area contributed by atoms with Crippen LogP contribution in [0.25, 0.3) is 0 Å². The highest BCUT2D eigenvalue weighted by atomic mass is 19.4. The van der Waals surface area contributed by atoms with Gasteiger partial charge in [-0.25, -0.2) is 4.79 Å². The van der Waals surface area contributed by atoms with E-state index in [2.05, 4.69) is 16.0 Å². The Labute approximate surface area is 297 Å². The third-order valence-corrected chi connectivity index (χ3v) is 7.51. The molecule has 14 nitrogen and oxygen atoms in total. The first-order valence-electron chi connectivity index (χ1n) is 15.9. The molecule has 4 N–H and O–H groups in total. The number of halogens is 3. The minimum absolute atomic E-state index is 0.0283. The van der Waals surface area contributed by atoms with Gasteiger partial charge in [-0.05, 0) is 54.4 Å². The van der Waals surface area contributed by atoms with E-state index in [9.17, 15) is 37.1 Å². The van der Waals surface area contributed by atoms with Gasteiger partial charge in [-0.2, -0.15) is 13.2 Å². The number of anilines is 4. The number of aryl methyl sites for hydroxylation is 1. The van der Waals surface area contributed by atoms with Gasteiger partial charge in [-0.1, -0.05) is 30.3 Å². The van der Waals surface area contributed by atoms with Crippen molar-refractivity contribution >= 4 is 58.4 Å². The van der Waals surface area contributed by atoms with E-state index in [0.717, 1.165) is 16.0 Å². The maximum Gasteiger partial charge on any atom is 0.430 e. The third-order valence-electron chi connectivity index (χ3n) is 7.51. The molecule has 0 aromatic heterocycles. The fourth-order valence-corrected chi connectivity index (χ4v) is 4.67. The van der Waals surface area contributed by atoms with Gasteiger partial charge in [-0.3, -0.25) is 19.2 Å². The summed E-state index contributed by atoms with van der Waals surface area (Å²) in [4.78, 5) is 76.3. The lowest BCUT2D eigenvalue weighted by Crippen LogP contribution is -3.06. The minimum Gasteiger partial charge on any atom is -0.542 e. The van der Waals surface area contributed by atoms with Crippen molar-refractivity contribution in [2.75, 3.05) is 68.2 Å². The third kappa shape index (κ3) is 12.4. The van der Waals surface area contributed by atoms with E-state index in [1.807, 2.05) is 45.3 Å². The van der Waals surface area contributed by atoms with Crippen LogP contribution in [-0.4, -0.2) is 94.2 Å². The number of nitrogens with one attached hydrogen (secondary N) is 4. The number of para-hydroxylation sites is 1. The Hall–Kier alpha value is -5.97. The summed E-state index contributed by atoms with van der Waals surface area (Å²) < 4.78 is 36.8. The van der Waals surface area contributed by atoms with E-state index in [1.54, 1.807) is 43.4 Å². The molecule has 0 aliphatic carbocycles. The normalized spacial score (nSPS) is 12.6. The molecule has 0 fully saturated rings. The largest absolute Gasteiger partial charge is 0.542 e. The molecule has 1 aliphatic heterocycles. The van der Waals surface area contributed by atoms with Crippen molar-refractivity contribution in [2.24, 2.45) is 0 Å². The lowest BCUT2D eigenvalue weighted by atomic mass is 10.1. The summed E-state index contributed by atoms with van der Waals surface area (Å²) in [6, 6.07) is 18.8. The first-order valence-corrected chi connectivity index (χ1v) is 15.9. The molecular weight excluding hydrogens is 689 g/mol. The number of urea groups is 1. The number of alkyl halides is 3. The molecule has 52 heavy (non-hydrogen) atoms. The average Bonchev–Trinajstić information content (AvgIpc) is 3.15. The van der Waals surface area contributed by atoms with Gasteiger partial charge in [0.1, 0.15) is 25.7 Å². The second-order valence-electron chi connectivity index (χ2n) is 11.9. The van der Waals surface area contributed by atoms with Crippen molar-refractivity contribution in [1.82, 2.24) is 4.90 Å². The number of carbonyl (C=O) groups is 6. The number of amides is 5. The van der Waals surface area contributed by atoms with Crippen LogP contribution in [0, 0.1) is 6.92 Å². The highest BCUT2D eigenvalue weighted by Gasteiger charge is 2.31. The van der Waals surface area contributed by atoms with Crippen molar-refractivity contribution in [3.63, 3.8) is 0 Å². The first kappa shape index (κ1) is 40.5. The van der Waals surface area contributed by atoms with Crippen LogP contribution in [0.3, 0.4) is 0 Å². The summed E-state index contributed by atoms with van der Waals surface area (Å²) in [6.07, 6.45) is -5.18. The molecule has 17 heteroatoms. The predicted octanol–water partition coefficient (Wildman–Crippen LogP) is 1.62. The SMILES string of the molecule is Cc1ccccc1NC(=O)Nc1ccc(CC(=O)Nc2ccc3c(c2)C(=O)N(CCC(=O)OCC[NH+](C)C)CC(=O)N3C)cc1.O=C([O-])C(F)(F)F. The molecule has 0 spiro atoms. The number of benzene rings is 3. The molecular formula is C35H39F3N6O8. The molecule has 1 aliphatic rings. The van der Waals surface area contributed by atoms with Crippen molar-refractivity contribution in [1.29, 1.82) is 0 Å². The fourth-order valence-electron chi connectivity index (χ4n) is 4.67. The molecule has 1 heterocycles. The second kappa shape index (κ2) is 18.3. The highest BCUT2D eigenvalue weighted by molar-refractivity contribution is 6.10. The minimum atomic E-state index is -5.19. The van der Waals surface area contributed by atoms with Crippen LogP contribution in [0.1, 0.15) is 27.9 Å². The molecule has 0 bridgehead atoms. The Morgan fingerprint density at radius 1 is 0.923 bits per heavy atom. The standard InChI is InChI=1S/C33H38N6O6.C2HF3O2/c1-22-7-5-6-8-27(22)36-33(44)35-24-11-9-23(10-12-24)19-29(40)34-25-13-14-28-26(20-25)32(43)39(21-30(41)38(28)4)16-15-31(42)45-18-17-37(2)3;3-2(4,5)1(6)7/h5-14,20H,15-19,21H2,1-4H3,(H,34,40)(H2,35,36,44);(H,6,7). The number of esters is 1. The zero-order chi connectivity index (χ0) is 38.6. The number of aliphatic carboxylic acids is 1. The lowest BCUT2D eigenvalue weighted by molar-refractivity contribution is -0.858. The van der Waals surface area contributed by atoms with Crippen molar-refractivity contribution in [3.05, 3.63) is 83.4 Å². The van der Waals surface area contributed by atoms with Gasteiger partial charge >= 0.3 is 18.2 Å². The van der Waals surface area contributed by atoms with E-state index in [0.29, 0.717) is 29.3 Å². The number of hydrogen-bond donors (Lipinski definition) is 4. The Bertz CT molecular complexity index is 1780.